The maximum absolute atomic E-state index is 5.72. The lowest BCUT2D eigenvalue weighted by Gasteiger charge is -2.29. The van der Waals surface area contributed by atoms with Crippen LogP contribution in [0, 0.1) is 0 Å². The smallest absolute Gasteiger partial charge is 0.122 e. The highest BCUT2D eigenvalue weighted by Crippen LogP contribution is 2.47. The van der Waals surface area contributed by atoms with Gasteiger partial charge in [0, 0.05) is 10.8 Å². The van der Waals surface area contributed by atoms with Crippen LogP contribution >= 0.6 is 43.2 Å². The predicted octanol–water partition coefficient (Wildman–Crippen LogP) is 5.51. The summed E-state index contributed by atoms with van der Waals surface area (Å²) in [5.41, 5.74) is 1.31. The van der Waals surface area contributed by atoms with Crippen molar-refractivity contribution >= 4 is 43.2 Å². The minimum atomic E-state index is 0.360. The minimum absolute atomic E-state index is 0.360. The van der Waals surface area contributed by atoms with E-state index in [0.717, 1.165) is 18.8 Å². The highest BCUT2D eigenvalue weighted by Gasteiger charge is 2.28. The first kappa shape index (κ1) is 12.7. The first-order valence-electron chi connectivity index (χ1n) is 5.87. The van der Waals surface area contributed by atoms with E-state index in [0.29, 0.717) is 10.7 Å². The molecule has 1 aliphatic heterocycles. The van der Waals surface area contributed by atoms with E-state index in [4.69, 9.17) is 4.74 Å². The van der Waals surface area contributed by atoms with Gasteiger partial charge in [0.15, 0.2) is 0 Å². The molecule has 4 heteroatoms. The predicted molar refractivity (Wildman–Crippen MR) is 83.0 cm³/mol. The summed E-state index contributed by atoms with van der Waals surface area (Å²) in [5.74, 6) is 1.52. The van der Waals surface area contributed by atoms with Crippen molar-refractivity contribution in [1.82, 2.24) is 0 Å². The number of halogens is 2. The fourth-order valence-electron chi connectivity index (χ4n) is 2.35. The van der Waals surface area contributed by atoms with Crippen molar-refractivity contribution in [2.45, 2.75) is 17.2 Å². The van der Waals surface area contributed by atoms with Crippen molar-refractivity contribution in [2.24, 2.45) is 0 Å². The number of para-hydroxylation sites is 1. The third-order valence-electron chi connectivity index (χ3n) is 3.22. The Morgan fingerprint density at radius 3 is 2.83 bits per heavy atom. The molecule has 2 aromatic rings. The Kier molecular flexibility index (Phi) is 3.78. The molecule has 1 aromatic carbocycles. The van der Waals surface area contributed by atoms with Crippen LogP contribution in [0.2, 0.25) is 0 Å². The van der Waals surface area contributed by atoms with Crippen LogP contribution in [-0.2, 0) is 0 Å². The van der Waals surface area contributed by atoms with Gasteiger partial charge in [-0.05, 0) is 46.1 Å². The molecular formula is C14H12Br2OS. The second kappa shape index (κ2) is 5.35. The van der Waals surface area contributed by atoms with E-state index >= 15 is 0 Å². The molecule has 0 amide bonds. The van der Waals surface area contributed by atoms with Crippen LogP contribution in [0.1, 0.15) is 27.6 Å². The van der Waals surface area contributed by atoms with Gasteiger partial charge >= 0.3 is 0 Å². The molecule has 94 valence electrons. The number of hydrogen-bond acceptors (Lipinski definition) is 2. The van der Waals surface area contributed by atoms with Crippen LogP contribution < -0.4 is 4.74 Å². The van der Waals surface area contributed by atoms with Crippen molar-refractivity contribution < 1.29 is 4.74 Å². The standard InChI is InChI=1S/C14H12Br2OS/c15-13-6-5-12(18-13)14(16)10-7-8-17-11-4-2-1-3-9(10)11/h1-6,10,14H,7-8H2. The molecule has 0 bridgehead atoms. The summed E-state index contributed by atoms with van der Waals surface area (Å²) in [7, 11) is 0. The van der Waals surface area contributed by atoms with Gasteiger partial charge in [0.2, 0.25) is 0 Å². The van der Waals surface area contributed by atoms with E-state index in [1.165, 1.54) is 14.2 Å². The normalized spacial score (nSPS) is 20.0. The minimum Gasteiger partial charge on any atom is -0.493 e. The maximum atomic E-state index is 5.72. The summed E-state index contributed by atoms with van der Waals surface area (Å²) in [6.07, 6.45) is 1.06. The van der Waals surface area contributed by atoms with Gasteiger partial charge in [0.05, 0.1) is 15.2 Å². The van der Waals surface area contributed by atoms with Gasteiger partial charge in [-0.25, -0.2) is 0 Å². The summed E-state index contributed by atoms with van der Waals surface area (Å²) < 4.78 is 6.90. The quantitative estimate of drug-likeness (QED) is 0.617. The van der Waals surface area contributed by atoms with Gasteiger partial charge in [-0.2, -0.15) is 0 Å². The Bertz CT molecular complexity index is 552. The van der Waals surface area contributed by atoms with Crippen LogP contribution in [-0.4, -0.2) is 6.61 Å². The topological polar surface area (TPSA) is 9.23 Å². The molecule has 2 atom stereocenters. The van der Waals surface area contributed by atoms with Crippen LogP contribution in [0.15, 0.2) is 40.2 Å². The van der Waals surface area contributed by atoms with Crippen molar-refractivity contribution in [3.63, 3.8) is 0 Å². The zero-order chi connectivity index (χ0) is 12.5. The SMILES string of the molecule is Brc1ccc(C(Br)C2CCOc3ccccc32)s1. The molecular weight excluding hydrogens is 376 g/mol. The molecule has 0 N–H and O–H groups in total. The third-order valence-corrected chi connectivity index (χ3v) is 6.37. The van der Waals surface area contributed by atoms with E-state index in [9.17, 15) is 0 Å². The average Bonchev–Trinajstić information content (AvgIpc) is 2.84. The lowest BCUT2D eigenvalue weighted by Crippen LogP contribution is -2.17. The monoisotopic (exact) mass is 386 g/mol. The Morgan fingerprint density at radius 2 is 2.06 bits per heavy atom. The van der Waals surface area contributed by atoms with Gasteiger partial charge in [0.25, 0.3) is 0 Å². The molecule has 1 nitrogen and oxygen atoms in total. The third kappa shape index (κ3) is 2.38. The van der Waals surface area contributed by atoms with Gasteiger partial charge in [-0.15, -0.1) is 11.3 Å². The van der Waals surface area contributed by atoms with Crippen molar-refractivity contribution in [2.75, 3.05) is 6.61 Å². The Labute approximate surface area is 127 Å². The number of hydrogen-bond donors (Lipinski definition) is 0. The summed E-state index contributed by atoms with van der Waals surface area (Å²) in [4.78, 5) is 1.72. The fourth-order valence-corrected chi connectivity index (χ4v) is 4.80. The van der Waals surface area contributed by atoms with Crippen LogP contribution in [0.3, 0.4) is 0 Å². The van der Waals surface area contributed by atoms with Gasteiger partial charge in [-0.3, -0.25) is 0 Å². The lowest BCUT2D eigenvalue weighted by molar-refractivity contribution is 0.266. The fraction of sp³-hybridized carbons (Fsp3) is 0.286. The Morgan fingerprint density at radius 1 is 1.22 bits per heavy atom. The van der Waals surface area contributed by atoms with E-state index in [-0.39, 0.29) is 0 Å². The zero-order valence-corrected chi connectivity index (χ0v) is 13.6. The van der Waals surface area contributed by atoms with Gasteiger partial charge in [0.1, 0.15) is 5.75 Å². The molecule has 0 fully saturated rings. The second-order valence-electron chi connectivity index (χ2n) is 4.33. The van der Waals surface area contributed by atoms with Crippen molar-refractivity contribution in [3.8, 4) is 5.75 Å². The summed E-state index contributed by atoms with van der Waals surface area (Å²) in [6, 6.07) is 12.7. The highest BCUT2D eigenvalue weighted by molar-refractivity contribution is 9.11. The molecule has 3 rings (SSSR count). The molecule has 0 spiro atoms. The van der Waals surface area contributed by atoms with E-state index in [1.54, 1.807) is 11.3 Å². The molecule has 1 aliphatic rings. The molecule has 0 saturated heterocycles. The Hall–Kier alpha value is -0.320. The second-order valence-corrected chi connectivity index (χ2v) is 7.81. The first-order chi connectivity index (χ1) is 8.75. The van der Waals surface area contributed by atoms with Crippen LogP contribution in [0.5, 0.6) is 5.75 Å². The lowest BCUT2D eigenvalue weighted by atomic mass is 9.90. The van der Waals surface area contributed by atoms with Gasteiger partial charge < -0.3 is 4.74 Å². The molecule has 0 aliphatic carbocycles. The van der Waals surface area contributed by atoms with Gasteiger partial charge in [-0.1, -0.05) is 34.1 Å². The highest BCUT2D eigenvalue weighted by atomic mass is 79.9. The van der Waals surface area contributed by atoms with Crippen LogP contribution in [0.4, 0.5) is 0 Å². The Balaban J connectivity index is 1.94. The average molecular weight is 388 g/mol. The van der Waals surface area contributed by atoms with E-state index < -0.39 is 0 Å². The number of rotatable bonds is 2. The molecule has 0 radical (unpaired) electrons. The first-order valence-corrected chi connectivity index (χ1v) is 8.39. The molecule has 1 aromatic heterocycles. The number of fused-ring (bicyclic) bond motifs is 1. The summed E-state index contributed by atoms with van der Waals surface area (Å²) in [6.45, 7) is 0.802. The molecule has 18 heavy (non-hydrogen) atoms. The molecule has 0 saturated carbocycles. The zero-order valence-electron chi connectivity index (χ0n) is 9.61. The van der Waals surface area contributed by atoms with E-state index in [2.05, 4.69) is 62.2 Å². The van der Waals surface area contributed by atoms with E-state index in [1.807, 2.05) is 6.07 Å². The number of thiophene rings is 1. The number of alkyl halides is 1. The largest absolute Gasteiger partial charge is 0.493 e. The number of benzene rings is 1. The maximum Gasteiger partial charge on any atom is 0.122 e. The summed E-state index contributed by atoms with van der Waals surface area (Å²) in [5, 5.41) is 0. The van der Waals surface area contributed by atoms with Crippen molar-refractivity contribution in [3.05, 3.63) is 50.6 Å². The molecule has 2 unspecified atom stereocenters. The van der Waals surface area contributed by atoms with Crippen molar-refractivity contribution in [1.29, 1.82) is 0 Å². The van der Waals surface area contributed by atoms with Crippen LogP contribution in [0.25, 0.3) is 0 Å². The molecule has 2 heterocycles. The number of ether oxygens (including phenoxy) is 1. The summed E-state index contributed by atoms with van der Waals surface area (Å²) >= 11 is 9.19.